The van der Waals surface area contributed by atoms with E-state index >= 15 is 0 Å². The number of halogens is 1. The largest absolute Gasteiger partial charge is 0.478 e. The second-order valence-electron chi connectivity index (χ2n) is 5.21. The molecule has 1 aromatic rings. The molecule has 2 rings (SSSR count). The lowest BCUT2D eigenvalue weighted by atomic mass is 10.2. The predicted octanol–water partition coefficient (Wildman–Crippen LogP) is 1.80. The van der Waals surface area contributed by atoms with Crippen molar-refractivity contribution in [3.05, 3.63) is 29.6 Å². The first-order valence-electron chi connectivity index (χ1n) is 6.22. The van der Waals surface area contributed by atoms with Crippen molar-refractivity contribution in [2.45, 2.75) is 18.2 Å². The Labute approximate surface area is 117 Å². The number of aromatic carboxylic acids is 1. The summed E-state index contributed by atoms with van der Waals surface area (Å²) in [6.07, 6.45) is 0.973. The van der Waals surface area contributed by atoms with Gasteiger partial charge in [-0.2, -0.15) is 0 Å². The summed E-state index contributed by atoms with van der Waals surface area (Å²) in [5.74, 6) is -1.53. The van der Waals surface area contributed by atoms with E-state index in [1.54, 1.807) is 0 Å². The van der Waals surface area contributed by atoms with Gasteiger partial charge in [-0.15, -0.1) is 0 Å². The molecule has 110 valence electrons. The lowest BCUT2D eigenvalue weighted by molar-refractivity contribution is 0.0696. The van der Waals surface area contributed by atoms with Gasteiger partial charge in [0.2, 0.25) is 10.0 Å². The van der Waals surface area contributed by atoms with Crippen molar-refractivity contribution in [3.63, 3.8) is 0 Å². The third kappa shape index (κ3) is 2.83. The molecule has 20 heavy (non-hydrogen) atoms. The monoisotopic (exact) mass is 301 g/mol. The van der Waals surface area contributed by atoms with E-state index in [1.807, 2.05) is 6.92 Å². The lowest BCUT2D eigenvalue weighted by Gasteiger charge is -2.17. The number of carboxylic acid groups (broad SMARTS) is 1. The van der Waals surface area contributed by atoms with Crippen molar-refractivity contribution in [2.75, 3.05) is 13.6 Å². The second kappa shape index (κ2) is 5.14. The van der Waals surface area contributed by atoms with Gasteiger partial charge >= 0.3 is 5.97 Å². The molecule has 0 saturated heterocycles. The molecule has 0 bridgehead atoms. The minimum absolute atomic E-state index is 0.278. The highest BCUT2D eigenvalue weighted by Gasteiger charge is 2.36. The Balaban J connectivity index is 2.27. The number of nitrogens with zero attached hydrogens (tertiary/aromatic N) is 1. The van der Waals surface area contributed by atoms with Crippen LogP contribution in [0.1, 0.15) is 23.7 Å². The molecule has 0 amide bonds. The maximum Gasteiger partial charge on any atom is 0.335 e. The standard InChI is InChI=1S/C13H16FNO4S/c1-8-5-10(8)7-15(2)20(18,19)12-4-3-9(13(16)17)6-11(12)14/h3-4,6,8,10H,5,7H2,1-2H3,(H,16,17). The Hall–Kier alpha value is -1.47. The van der Waals surface area contributed by atoms with E-state index in [0.717, 1.165) is 28.9 Å². The third-order valence-corrected chi connectivity index (χ3v) is 5.49. The van der Waals surface area contributed by atoms with Gasteiger partial charge in [0, 0.05) is 13.6 Å². The summed E-state index contributed by atoms with van der Waals surface area (Å²) >= 11 is 0. The minimum atomic E-state index is -3.93. The van der Waals surface area contributed by atoms with Crippen LogP contribution in [0.4, 0.5) is 4.39 Å². The Morgan fingerprint density at radius 2 is 2.10 bits per heavy atom. The quantitative estimate of drug-likeness (QED) is 0.900. The van der Waals surface area contributed by atoms with E-state index in [9.17, 15) is 17.6 Å². The van der Waals surface area contributed by atoms with Crippen molar-refractivity contribution < 1.29 is 22.7 Å². The Morgan fingerprint density at radius 1 is 1.50 bits per heavy atom. The van der Waals surface area contributed by atoms with Crippen LogP contribution in [-0.4, -0.2) is 37.4 Å². The van der Waals surface area contributed by atoms with Crippen molar-refractivity contribution in [2.24, 2.45) is 11.8 Å². The fourth-order valence-electron chi connectivity index (χ4n) is 2.09. The number of hydrogen-bond donors (Lipinski definition) is 1. The molecular formula is C13H16FNO4S. The summed E-state index contributed by atoms with van der Waals surface area (Å²) < 4.78 is 39.4. The number of sulfonamides is 1. The number of rotatable bonds is 5. The number of benzene rings is 1. The van der Waals surface area contributed by atoms with Crippen LogP contribution in [0.25, 0.3) is 0 Å². The zero-order valence-corrected chi connectivity index (χ0v) is 12.0. The topological polar surface area (TPSA) is 74.7 Å². The first kappa shape index (κ1) is 14.9. The molecular weight excluding hydrogens is 285 g/mol. The van der Waals surface area contributed by atoms with Gasteiger partial charge in [0.1, 0.15) is 10.7 Å². The summed E-state index contributed by atoms with van der Waals surface area (Å²) in [5.41, 5.74) is -0.278. The number of carboxylic acids is 1. The normalized spacial score (nSPS) is 22.0. The summed E-state index contributed by atoms with van der Waals surface area (Å²) in [4.78, 5) is 10.2. The lowest BCUT2D eigenvalue weighted by Crippen LogP contribution is -2.30. The maximum atomic E-state index is 13.8. The fourth-order valence-corrected chi connectivity index (χ4v) is 3.36. The summed E-state index contributed by atoms with van der Waals surface area (Å²) in [7, 11) is -2.52. The fraction of sp³-hybridized carbons (Fsp3) is 0.462. The van der Waals surface area contributed by atoms with E-state index in [0.29, 0.717) is 18.4 Å². The van der Waals surface area contributed by atoms with Gasteiger partial charge in [0.05, 0.1) is 5.56 Å². The Morgan fingerprint density at radius 3 is 2.55 bits per heavy atom. The smallest absolute Gasteiger partial charge is 0.335 e. The highest BCUT2D eigenvalue weighted by atomic mass is 32.2. The van der Waals surface area contributed by atoms with Crippen LogP contribution in [0.15, 0.2) is 23.1 Å². The first-order valence-corrected chi connectivity index (χ1v) is 7.66. The van der Waals surface area contributed by atoms with Gasteiger partial charge in [-0.05, 0) is 36.5 Å². The molecule has 1 saturated carbocycles. The van der Waals surface area contributed by atoms with Crippen LogP contribution in [0.3, 0.4) is 0 Å². The molecule has 1 aromatic carbocycles. The highest BCUT2D eigenvalue weighted by molar-refractivity contribution is 7.89. The van der Waals surface area contributed by atoms with E-state index < -0.39 is 26.7 Å². The number of hydrogen-bond acceptors (Lipinski definition) is 3. The van der Waals surface area contributed by atoms with Crippen LogP contribution >= 0.6 is 0 Å². The van der Waals surface area contributed by atoms with Crippen LogP contribution in [0.5, 0.6) is 0 Å². The minimum Gasteiger partial charge on any atom is -0.478 e. The van der Waals surface area contributed by atoms with E-state index in [2.05, 4.69) is 0 Å². The molecule has 7 heteroatoms. The molecule has 1 N–H and O–H groups in total. The average molecular weight is 301 g/mol. The Kier molecular flexibility index (Phi) is 3.84. The van der Waals surface area contributed by atoms with Crippen molar-refractivity contribution in [3.8, 4) is 0 Å². The molecule has 0 aromatic heterocycles. The summed E-state index contributed by atoms with van der Waals surface area (Å²) in [6.45, 7) is 2.39. The third-order valence-electron chi connectivity index (χ3n) is 3.63. The molecule has 0 aliphatic heterocycles. The molecule has 1 aliphatic rings. The zero-order chi connectivity index (χ0) is 15.1. The second-order valence-corrected chi connectivity index (χ2v) is 7.22. The highest BCUT2D eigenvalue weighted by Crippen LogP contribution is 2.38. The van der Waals surface area contributed by atoms with Crippen molar-refractivity contribution in [1.82, 2.24) is 4.31 Å². The average Bonchev–Trinajstić information content (AvgIpc) is 3.04. The first-order chi connectivity index (χ1) is 9.23. The van der Waals surface area contributed by atoms with Crippen LogP contribution in [0.2, 0.25) is 0 Å². The van der Waals surface area contributed by atoms with Gasteiger partial charge in [-0.1, -0.05) is 6.92 Å². The molecule has 0 radical (unpaired) electrons. The van der Waals surface area contributed by atoms with Crippen LogP contribution in [0, 0.1) is 17.7 Å². The van der Waals surface area contributed by atoms with Crippen LogP contribution in [-0.2, 0) is 10.0 Å². The molecule has 2 unspecified atom stereocenters. The van der Waals surface area contributed by atoms with Gasteiger partial charge < -0.3 is 5.11 Å². The zero-order valence-electron chi connectivity index (χ0n) is 11.2. The molecule has 0 spiro atoms. The molecule has 1 fully saturated rings. The van der Waals surface area contributed by atoms with Crippen LogP contribution < -0.4 is 0 Å². The predicted molar refractivity (Wildman–Crippen MR) is 70.4 cm³/mol. The van der Waals surface area contributed by atoms with E-state index in [1.165, 1.54) is 7.05 Å². The van der Waals surface area contributed by atoms with E-state index in [-0.39, 0.29) is 5.56 Å². The summed E-state index contributed by atoms with van der Waals surface area (Å²) in [6, 6.07) is 2.82. The maximum absolute atomic E-state index is 13.8. The Bertz CT molecular complexity index is 644. The van der Waals surface area contributed by atoms with Gasteiger partial charge in [-0.25, -0.2) is 21.9 Å². The van der Waals surface area contributed by atoms with Crippen molar-refractivity contribution in [1.29, 1.82) is 0 Å². The van der Waals surface area contributed by atoms with Gasteiger partial charge in [-0.3, -0.25) is 0 Å². The molecule has 5 nitrogen and oxygen atoms in total. The SMILES string of the molecule is CC1CC1CN(C)S(=O)(=O)c1ccc(C(=O)O)cc1F. The molecule has 2 atom stereocenters. The summed E-state index contributed by atoms with van der Waals surface area (Å²) in [5, 5.41) is 8.74. The van der Waals surface area contributed by atoms with Crippen molar-refractivity contribution >= 4 is 16.0 Å². The van der Waals surface area contributed by atoms with Gasteiger partial charge in [0.15, 0.2) is 0 Å². The molecule has 0 heterocycles. The molecule has 1 aliphatic carbocycles. The van der Waals surface area contributed by atoms with Gasteiger partial charge in [0.25, 0.3) is 0 Å². The number of carbonyl (C=O) groups is 1. The van der Waals surface area contributed by atoms with E-state index in [4.69, 9.17) is 5.11 Å².